The number of aromatic nitrogens is 5. The lowest BCUT2D eigenvalue weighted by atomic mass is 10.2. The van der Waals surface area contributed by atoms with Crippen LogP contribution >= 0.6 is 11.8 Å². The van der Waals surface area contributed by atoms with Gasteiger partial charge in [-0.25, -0.2) is 4.98 Å². The Morgan fingerprint density at radius 1 is 1.04 bits per heavy atom. The van der Waals surface area contributed by atoms with Gasteiger partial charge in [-0.15, -0.1) is 5.10 Å². The summed E-state index contributed by atoms with van der Waals surface area (Å²) >= 11 is 1.56. The molecular formula is C19H15N5O2S. The number of nitrogens with zero attached hydrogens (tertiary/aromatic N) is 5. The third-order valence-electron chi connectivity index (χ3n) is 4.15. The zero-order valence-electron chi connectivity index (χ0n) is 14.3. The van der Waals surface area contributed by atoms with Crippen molar-refractivity contribution >= 4 is 17.5 Å². The Balaban J connectivity index is 1.40. The number of hydrogen-bond donors (Lipinski definition) is 0. The smallest absolute Gasteiger partial charge is 0.253 e. The van der Waals surface area contributed by atoms with Gasteiger partial charge in [-0.05, 0) is 35.9 Å². The summed E-state index contributed by atoms with van der Waals surface area (Å²) in [6, 6.07) is 11.8. The molecule has 0 saturated heterocycles. The van der Waals surface area contributed by atoms with Crippen LogP contribution < -0.4 is 9.47 Å². The van der Waals surface area contributed by atoms with Crippen LogP contribution in [0.5, 0.6) is 11.5 Å². The molecule has 0 aliphatic carbocycles. The van der Waals surface area contributed by atoms with Crippen molar-refractivity contribution in [1.29, 1.82) is 0 Å². The highest BCUT2D eigenvalue weighted by molar-refractivity contribution is 7.98. The quantitative estimate of drug-likeness (QED) is 0.505. The van der Waals surface area contributed by atoms with Crippen molar-refractivity contribution in [2.45, 2.75) is 10.9 Å². The molecule has 3 aromatic heterocycles. The van der Waals surface area contributed by atoms with Gasteiger partial charge < -0.3 is 9.47 Å². The van der Waals surface area contributed by atoms with Crippen molar-refractivity contribution in [2.75, 3.05) is 13.2 Å². The highest BCUT2D eigenvalue weighted by atomic mass is 32.2. The summed E-state index contributed by atoms with van der Waals surface area (Å²) in [5.74, 6) is 2.89. The number of rotatable bonds is 4. The SMILES string of the molecule is c1cncc(-c2ccnc3nc(SCc4ccc5c(c4)OCCO5)nn23)c1. The molecule has 0 atom stereocenters. The molecule has 1 aliphatic heterocycles. The molecule has 0 saturated carbocycles. The first-order valence-corrected chi connectivity index (χ1v) is 9.49. The molecule has 134 valence electrons. The van der Waals surface area contributed by atoms with Crippen LogP contribution in [0.25, 0.3) is 17.0 Å². The minimum absolute atomic E-state index is 0.570. The number of thioether (sulfide) groups is 1. The van der Waals surface area contributed by atoms with E-state index in [1.54, 1.807) is 34.9 Å². The van der Waals surface area contributed by atoms with E-state index >= 15 is 0 Å². The molecule has 0 fully saturated rings. The van der Waals surface area contributed by atoms with Crippen LogP contribution in [0.2, 0.25) is 0 Å². The van der Waals surface area contributed by atoms with Crippen molar-refractivity contribution in [1.82, 2.24) is 24.6 Å². The normalized spacial score (nSPS) is 13.0. The Morgan fingerprint density at radius 3 is 2.85 bits per heavy atom. The standard InChI is InChI=1S/C19H15N5O2S/c1-2-14(11-20-6-1)15-5-7-21-18-22-19(23-24(15)18)27-12-13-3-4-16-17(10-13)26-9-8-25-16/h1-7,10-11H,8-9,12H2. The zero-order chi connectivity index (χ0) is 18.1. The minimum atomic E-state index is 0.570. The van der Waals surface area contributed by atoms with E-state index in [1.165, 1.54) is 0 Å². The molecule has 0 N–H and O–H groups in total. The number of benzene rings is 1. The lowest BCUT2D eigenvalue weighted by molar-refractivity contribution is 0.171. The summed E-state index contributed by atoms with van der Waals surface area (Å²) < 4.78 is 13.0. The average Bonchev–Trinajstić information content (AvgIpc) is 3.16. The second kappa shape index (κ2) is 6.88. The minimum Gasteiger partial charge on any atom is -0.486 e. The van der Waals surface area contributed by atoms with Crippen molar-refractivity contribution in [3.05, 3.63) is 60.6 Å². The fourth-order valence-corrected chi connectivity index (χ4v) is 3.66. The van der Waals surface area contributed by atoms with Gasteiger partial charge in [-0.2, -0.15) is 9.50 Å². The van der Waals surface area contributed by atoms with Gasteiger partial charge in [0.2, 0.25) is 5.16 Å². The summed E-state index contributed by atoms with van der Waals surface area (Å²) in [4.78, 5) is 13.0. The summed E-state index contributed by atoms with van der Waals surface area (Å²) in [5, 5.41) is 5.29. The Kier molecular flexibility index (Phi) is 4.10. The molecule has 0 bridgehead atoms. The molecule has 27 heavy (non-hydrogen) atoms. The number of ether oxygens (including phenoxy) is 2. The molecule has 4 aromatic rings. The van der Waals surface area contributed by atoms with Gasteiger partial charge in [0.05, 0.1) is 5.69 Å². The van der Waals surface area contributed by atoms with Crippen LogP contribution in [0.1, 0.15) is 5.56 Å². The molecule has 0 radical (unpaired) electrons. The summed E-state index contributed by atoms with van der Waals surface area (Å²) in [6.45, 7) is 1.18. The first-order valence-electron chi connectivity index (χ1n) is 8.50. The number of fused-ring (bicyclic) bond motifs is 2. The van der Waals surface area contributed by atoms with Gasteiger partial charge in [0, 0.05) is 29.9 Å². The van der Waals surface area contributed by atoms with Crippen LogP contribution in [0.4, 0.5) is 0 Å². The van der Waals surface area contributed by atoms with E-state index in [-0.39, 0.29) is 0 Å². The van der Waals surface area contributed by atoms with Crippen LogP contribution in [-0.4, -0.2) is 37.8 Å². The van der Waals surface area contributed by atoms with E-state index in [2.05, 4.69) is 20.1 Å². The van der Waals surface area contributed by atoms with Crippen LogP contribution in [-0.2, 0) is 5.75 Å². The predicted octanol–water partition coefficient (Wildman–Crippen LogP) is 3.25. The molecular weight excluding hydrogens is 362 g/mol. The summed E-state index contributed by atoms with van der Waals surface area (Å²) in [6.07, 6.45) is 5.29. The van der Waals surface area contributed by atoms with Gasteiger partial charge in [0.25, 0.3) is 5.78 Å². The molecule has 0 amide bonds. The second-order valence-corrected chi connectivity index (χ2v) is 6.89. The molecule has 1 aromatic carbocycles. The van der Waals surface area contributed by atoms with Crippen molar-refractivity contribution in [3.8, 4) is 22.8 Å². The monoisotopic (exact) mass is 377 g/mol. The van der Waals surface area contributed by atoms with Gasteiger partial charge in [-0.1, -0.05) is 17.8 Å². The largest absolute Gasteiger partial charge is 0.486 e. The Labute approximate surface area is 159 Å². The molecule has 0 spiro atoms. The first kappa shape index (κ1) is 16.1. The third-order valence-corrected chi connectivity index (χ3v) is 5.06. The lowest BCUT2D eigenvalue weighted by Gasteiger charge is -2.18. The molecule has 5 rings (SSSR count). The first-order chi connectivity index (χ1) is 13.4. The number of hydrogen-bond acceptors (Lipinski definition) is 7. The van der Waals surface area contributed by atoms with E-state index < -0.39 is 0 Å². The number of pyridine rings is 1. The van der Waals surface area contributed by atoms with Crippen molar-refractivity contribution < 1.29 is 9.47 Å². The van der Waals surface area contributed by atoms with Gasteiger partial charge in [-0.3, -0.25) is 4.98 Å². The maximum atomic E-state index is 5.64. The molecule has 7 nitrogen and oxygen atoms in total. The highest BCUT2D eigenvalue weighted by Gasteiger charge is 2.13. The van der Waals surface area contributed by atoms with Crippen LogP contribution in [0.3, 0.4) is 0 Å². The maximum absolute atomic E-state index is 5.64. The summed E-state index contributed by atoms with van der Waals surface area (Å²) in [7, 11) is 0. The lowest BCUT2D eigenvalue weighted by Crippen LogP contribution is -2.15. The van der Waals surface area contributed by atoms with Gasteiger partial charge in [0.15, 0.2) is 11.5 Å². The fraction of sp³-hybridized carbons (Fsp3) is 0.158. The summed E-state index contributed by atoms with van der Waals surface area (Å²) in [5.41, 5.74) is 3.01. The van der Waals surface area contributed by atoms with Crippen LogP contribution in [0, 0.1) is 0 Å². The molecule has 0 unspecified atom stereocenters. The second-order valence-electron chi connectivity index (χ2n) is 5.94. The average molecular weight is 377 g/mol. The Bertz CT molecular complexity index is 1100. The van der Waals surface area contributed by atoms with Crippen molar-refractivity contribution in [3.63, 3.8) is 0 Å². The van der Waals surface area contributed by atoms with E-state index in [0.29, 0.717) is 24.1 Å². The highest BCUT2D eigenvalue weighted by Crippen LogP contribution is 2.32. The van der Waals surface area contributed by atoms with Gasteiger partial charge in [0.1, 0.15) is 13.2 Å². The van der Waals surface area contributed by atoms with Crippen molar-refractivity contribution in [2.24, 2.45) is 0 Å². The fourth-order valence-electron chi connectivity index (χ4n) is 2.90. The molecule has 4 heterocycles. The van der Waals surface area contributed by atoms with E-state index in [0.717, 1.165) is 34.1 Å². The Hall–Kier alpha value is -3.13. The topological polar surface area (TPSA) is 74.4 Å². The molecule has 8 heteroatoms. The Morgan fingerprint density at radius 2 is 1.96 bits per heavy atom. The van der Waals surface area contributed by atoms with E-state index in [1.807, 2.05) is 36.4 Å². The van der Waals surface area contributed by atoms with Crippen LogP contribution in [0.15, 0.2) is 60.1 Å². The van der Waals surface area contributed by atoms with Gasteiger partial charge >= 0.3 is 0 Å². The van der Waals surface area contributed by atoms with E-state index in [4.69, 9.17) is 9.47 Å². The van der Waals surface area contributed by atoms with E-state index in [9.17, 15) is 0 Å². The predicted molar refractivity (Wildman–Crippen MR) is 101 cm³/mol. The maximum Gasteiger partial charge on any atom is 0.253 e. The molecule has 1 aliphatic rings. The third kappa shape index (κ3) is 3.19. The zero-order valence-corrected chi connectivity index (χ0v) is 15.1.